The van der Waals surface area contributed by atoms with Crippen LogP contribution in [0.1, 0.15) is 49.2 Å². The van der Waals surface area contributed by atoms with Crippen molar-refractivity contribution in [2.75, 3.05) is 31.0 Å². The lowest BCUT2D eigenvalue weighted by atomic mass is 9.82. The number of hydrogen-bond donors (Lipinski definition) is 0. The van der Waals surface area contributed by atoms with Gasteiger partial charge in [-0.1, -0.05) is 67.8 Å². The Kier molecular flexibility index (Phi) is 9.06. The molecule has 1 aliphatic carbocycles. The smallest absolute Gasteiger partial charge is 0.330 e. The van der Waals surface area contributed by atoms with E-state index in [2.05, 4.69) is 61.3 Å². The highest BCUT2D eigenvalue weighted by Crippen LogP contribution is 2.33. The maximum Gasteiger partial charge on any atom is 0.330 e. The fourth-order valence-electron chi connectivity index (χ4n) is 5.15. The highest BCUT2D eigenvalue weighted by molar-refractivity contribution is 6.18. The molecule has 6 heteroatoms. The molecule has 5 nitrogen and oxygen atoms in total. The van der Waals surface area contributed by atoms with Crippen LogP contribution in [0.5, 0.6) is 0 Å². The summed E-state index contributed by atoms with van der Waals surface area (Å²) in [5.41, 5.74) is 6.24. The van der Waals surface area contributed by atoms with Gasteiger partial charge in [-0.05, 0) is 65.4 Å². The number of rotatable bonds is 8. The number of esters is 1. The molecule has 0 N–H and O–H groups in total. The monoisotopic (exact) mass is 508 g/mol. The number of hydrogen-bond acceptors (Lipinski definition) is 4. The molecule has 1 fully saturated rings. The summed E-state index contributed by atoms with van der Waals surface area (Å²) in [6, 6.07) is 24.9. The summed E-state index contributed by atoms with van der Waals surface area (Å²) >= 11 is 0. The lowest BCUT2D eigenvalue weighted by Gasteiger charge is -2.34. The summed E-state index contributed by atoms with van der Waals surface area (Å²) in [6.45, 7) is 0. The van der Waals surface area contributed by atoms with Crippen molar-refractivity contribution in [1.29, 1.82) is 0 Å². The van der Waals surface area contributed by atoms with E-state index in [-0.39, 0.29) is 17.8 Å². The van der Waals surface area contributed by atoms with E-state index in [1.54, 1.807) is 6.08 Å². The van der Waals surface area contributed by atoms with E-state index in [0.717, 1.165) is 53.6 Å². The largest absolute Gasteiger partial charge is 0.466 e. The van der Waals surface area contributed by atoms with Crippen LogP contribution in [0.4, 0.5) is 11.4 Å². The second-order valence-corrected chi connectivity index (χ2v) is 10.2. The third-order valence-corrected chi connectivity index (χ3v) is 7.45. The fraction of sp³-hybridized carbons (Fsp3) is 0.312. The van der Waals surface area contributed by atoms with Crippen LogP contribution < -0.4 is 9.80 Å². The Morgan fingerprint density at radius 3 is 2.13 bits per heavy atom. The molecule has 4 rings (SSSR count). The van der Waals surface area contributed by atoms with Gasteiger partial charge in [0.2, 0.25) is 5.91 Å². The quantitative estimate of drug-likeness (QED) is 0.218. The molecule has 0 spiro atoms. The second kappa shape index (κ2) is 12.6. The molecule has 196 valence electrons. The topological polar surface area (TPSA) is 49.9 Å². The lowest BCUT2D eigenvalue weighted by Crippen LogP contribution is -2.40. The van der Waals surface area contributed by atoms with E-state index in [1.165, 1.54) is 25.3 Å². The number of carbonyl (C=O) groups is 2. The molecule has 3 aromatic carbocycles. The predicted molar refractivity (Wildman–Crippen MR) is 159 cm³/mol. The molecule has 0 heterocycles. The van der Waals surface area contributed by atoms with E-state index >= 15 is 0 Å². The number of methoxy groups -OCH3 is 1. The molecule has 1 saturated carbocycles. The number of anilines is 2. The van der Waals surface area contributed by atoms with E-state index in [1.807, 2.05) is 43.3 Å². The minimum Gasteiger partial charge on any atom is -0.466 e. The van der Waals surface area contributed by atoms with Crippen LogP contribution in [0, 0.1) is 5.92 Å². The molecule has 1 atom stereocenters. The van der Waals surface area contributed by atoms with Crippen molar-refractivity contribution >= 4 is 37.2 Å². The number of ether oxygens (including phenoxy) is 1. The van der Waals surface area contributed by atoms with E-state index in [4.69, 9.17) is 4.74 Å². The maximum absolute atomic E-state index is 13.9. The molecule has 0 aliphatic heterocycles. The van der Waals surface area contributed by atoms with Crippen molar-refractivity contribution in [1.82, 2.24) is 0 Å². The van der Waals surface area contributed by atoms with Crippen LogP contribution in [-0.2, 0) is 14.3 Å². The number of amides is 1. The van der Waals surface area contributed by atoms with E-state index in [0.29, 0.717) is 0 Å². The van der Waals surface area contributed by atoms with Crippen molar-refractivity contribution in [2.24, 2.45) is 5.92 Å². The van der Waals surface area contributed by atoms with Crippen molar-refractivity contribution < 1.29 is 14.3 Å². The summed E-state index contributed by atoms with van der Waals surface area (Å²) in [4.78, 5) is 29.6. The van der Waals surface area contributed by atoms with Crippen molar-refractivity contribution in [3.63, 3.8) is 0 Å². The van der Waals surface area contributed by atoms with Gasteiger partial charge in [-0.3, -0.25) is 4.79 Å². The van der Waals surface area contributed by atoms with Gasteiger partial charge in [0.05, 0.1) is 7.11 Å². The molecule has 0 aromatic heterocycles. The van der Waals surface area contributed by atoms with Crippen LogP contribution >= 0.6 is 0 Å². The van der Waals surface area contributed by atoms with E-state index in [9.17, 15) is 9.59 Å². The minimum absolute atomic E-state index is 0.0370. The Labute approximate surface area is 227 Å². The standard InChI is InChI=1S/C32H37BN2O3/c1-34(2)28-19-17-25(18-20-28)24-13-15-26(16-14-24)31(33)35(32(37)27-9-5-4-6-10-27)29-11-7-8-23(22-29)12-21-30(36)38-3/h7-8,11-22,27,31H,4-6,9-10,33H2,1-3H3/b21-12+/t31-/m0/s1. The summed E-state index contributed by atoms with van der Waals surface area (Å²) in [7, 11) is 7.53. The first-order valence-electron chi connectivity index (χ1n) is 13.4. The second-order valence-electron chi connectivity index (χ2n) is 10.2. The first-order valence-corrected chi connectivity index (χ1v) is 13.4. The maximum atomic E-state index is 13.9. The van der Waals surface area contributed by atoms with Crippen molar-refractivity contribution in [3.05, 3.63) is 90.0 Å². The predicted octanol–water partition coefficient (Wildman–Crippen LogP) is 5.85. The average Bonchev–Trinajstić information content (AvgIpc) is 2.96. The summed E-state index contributed by atoms with van der Waals surface area (Å²) in [6.07, 6.45) is 8.39. The minimum atomic E-state index is -0.407. The number of carbonyl (C=O) groups excluding carboxylic acids is 2. The lowest BCUT2D eigenvalue weighted by molar-refractivity contribution is -0.134. The normalized spacial score (nSPS) is 14.7. The molecule has 0 radical (unpaired) electrons. The van der Waals surface area contributed by atoms with Crippen molar-refractivity contribution in [3.8, 4) is 11.1 Å². The molecule has 1 aliphatic rings. The van der Waals surface area contributed by atoms with Gasteiger partial charge in [-0.2, -0.15) is 0 Å². The van der Waals surface area contributed by atoms with Gasteiger partial charge in [0.1, 0.15) is 7.85 Å². The number of nitrogens with zero attached hydrogens (tertiary/aromatic N) is 2. The average molecular weight is 508 g/mol. The van der Waals surface area contributed by atoms with Crippen LogP contribution in [-0.4, -0.2) is 40.9 Å². The molecule has 0 saturated heterocycles. The van der Waals surface area contributed by atoms with Crippen LogP contribution in [0.15, 0.2) is 78.9 Å². The number of benzene rings is 3. The highest BCUT2D eigenvalue weighted by Gasteiger charge is 2.30. The first-order chi connectivity index (χ1) is 18.4. The zero-order valence-electron chi connectivity index (χ0n) is 22.9. The molecular weight excluding hydrogens is 471 g/mol. The van der Waals surface area contributed by atoms with Gasteiger partial charge >= 0.3 is 5.97 Å². The Morgan fingerprint density at radius 1 is 0.895 bits per heavy atom. The van der Waals surface area contributed by atoms with Gasteiger partial charge in [0.15, 0.2) is 0 Å². The van der Waals surface area contributed by atoms with Gasteiger partial charge in [0, 0.05) is 43.4 Å². The Morgan fingerprint density at radius 2 is 1.53 bits per heavy atom. The van der Waals surface area contributed by atoms with E-state index < -0.39 is 5.97 Å². The van der Waals surface area contributed by atoms with Crippen LogP contribution in [0.3, 0.4) is 0 Å². The van der Waals surface area contributed by atoms with Gasteiger partial charge in [-0.15, -0.1) is 0 Å². The molecule has 3 aromatic rings. The van der Waals surface area contributed by atoms with Gasteiger partial charge in [-0.25, -0.2) is 4.79 Å². The Balaban J connectivity index is 1.63. The third-order valence-electron chi connectivity index (χ3n) is 7.45. The zero-order chi connectivity index (χ0) is 27.1. The summed E-state index contributed by atoms with van der Waals surface area (Å²) in [5, 5.41) is 0. The molecular formula is C32H37BN2O3. The first kappa shape index (κ1) is 27.2. The van der Waals surface area contributed by atoms with Gasteiger partial charge in [0.25, 0.3) is 0 Å². The Hall–Kier alpha value is -3.80. The zero-order valence-corrected chi connectivity index (χ0v) is 22.9. The molecule has 0 unspecified atom stereocenters. The Bertz CT molecular complexity index is 1260. The van der Waals surface area contributed by atoms with Crippen LogP contribution in [0.25, 0.3) is 17.2 Å². The van der Waals surface area contributed by atoms with Crippen molar-refractivity contribution in [2.45, 2.75) is 38.0 Å². The molecule has 0 bridgehead atoms. The van der Waals surface area contributed by atoms with Crippen LogP contribution in [0.2, 0.25) is 0 Å². The molecule has 38 heavy (non-hydrogen) atoms. The summed E-state index contributed by atoms with van der Waals surface area (Å²) < 4.78 is 4.73. The highest BCUT2D eigenvalue weighted by atomic mass is 16.5. The summed E-state index contributed by atoms with van der Waals surface area (Å²) in [5.74, 6) is -0.339. The fourth-order valence-corrected chi connectivity index (χ4v) is 5.15. The third kappa shape index (κ3) is 6.55. The SMILES string of the molecule is B[C@H](c1ccc(-c2ccc(N(C)C)cc2)cc1)N(C(=O)C1CCCCC1)c1cccc(/C=C/C(=O)OC)c1. The molecule has 1 amide bonds. The van der Waals surface area contributed by atoms with Gasteiger partial charge < -0.3 is 14.5 Å².